The van der Waals surface area contributed by atoms with Crippen molar-refractivity contribution in [1.29, 1.82) is 0 Å². The van der Waals surface area contributed by atoms with Crippen LogP contribution in [0.3, 0.4) is 0 Å². The zero-order valence-corrected chi connectivity index (χ0v) is 11.7. The fraction of sp³-hybridized carbons (Fsp3) is 0.556. The molecule has 16 heavy (non-hydrogen) atoms. The standard InChI is InChI=1S/C9H13ClN2O2S2/c1-6-8(10)11-7(2)12-9(6)15-4-5-16(3,13)14/h4-5H2,1-3H3. The van der Waals surface area contributed by atoms with Crippen molar-refractivity contribution in [2.45, 2.75) is 18.9 Å². The summed E-state index contributed by atoms with van der Waals surface area (Å²) in [6.07, 6.45) is 1.22. The van der Waals surface area contributed by atoms with E-state index in [0.29, 0.717) is 16.7 Å². The molecule has 0 aromatic carbocycles. The molecule has 90 valence electrons. The van der Waals surface area contributed by atoms with Crippen LogP contribution >= 0.6 is 23.4 Å². The molecule has 0 amide bonds. The number of halogens is 1. The van der Waals surface area contributed by atoms with Crippen molar-refractivity contribution >= 4 is 33.2 Å². The van der Waals surface area contributed by atoms with Gasteiger partial charge in [-0.15, -0.1) is 11.8 Å². The minimum absolute atomic E-state index is 0.137. The molecular formula is C9H13ClN2O2S2. The minimum Gasteiger partial charge on any atom is -0.229 e. The Hall–Kier alpha value is -0.330. The van der Waals surface area contributed by atoms with Crippen molar-refractivity contribution in [2.75, 3.05) is 17.8 Å². The van der Waals surface area contributed by atoms with Crippen molar-refractivity contribution in [3.8, 4) is 0 Å². The summed E-state index contributed by atoms with van der Waals surface area (Å²) in [7, 11) is -2.92. The summed E-state index contributed by atoms with van der Waals surface area (Å²) in [6, 6.07) is 0. The lowest BCUT2D eigenvalue weighted by Gasteiger charge is -2.06. The third kappa shape index (κ3) is 4.27. The first-order chi connectivity index (χ1) is 7.29. The molecule has 0 unspecified atom stereocenters. The van der Waals surface area contributed by atoms with Gasteiger partial charge in [-0.25, -0.2) is 18.4 Å². The van der Waals surface area contributed by atoms with Gasteiger partial charge in [-0.1, -0.05) is 11.6 Å². The summed E-state index contributed by atoms with van der Waals surface area (Å²) in [4.78, 5) is 8.24. The summed E-state index contributed by atoms with van der Waals surface area (Å²) < 4.78 is 21.9. The molecule has 0 aliphatic carbocycles. The second kappa shape index (κ2) is 5.33. The van der Waals surface area contributed by atoms with E-state index in [-0.39, 0.29) is 5.75 Å². The average Bonchev–Trinajstić information content (AvgIpc) is 2.11. The van der Waals surface area contributed by atoms with E-state index in [9.17, 15) is 8.42 Å². The Labute approximate surface area is 105 Å². The predicted octanol–water partition coefficient (Wildman–Crippen LogP) is 1.88. The topological polar surface area (TPSA) is 59.9 Å². The Morgan fingerprint density at radius 1 is 1.31 bits per heavy atom. The van der Waals surface area contributed by atoms with Gasteiger partial charge in [-0.2, -0.15) is 0 Å². The molecule has 0 saturated carbocycles. The fourth-order valence-electron chi connectivity index (χ4n) is 1.00. The highest BCUT2D eigenvalue weighted by molar-refractivity contribution is 8.00. The maximum absolute atomic E-state index is 11.0. The molecule has 1 heterocycles. The van der Waals surface area contributed by atoms with Crippen LogP contribution in [-0.2, 0) is 9.84 Å². The molecule has 0 fully saturated rings. The second-order valence-corrected chi connectivity index (χ2v) is 7.17. The highest BCUT2D eigenvalue weighted by atomic mass is 35.5. The Morgan fingerprint density at radius 2 is 1.94 bits per heavy atom. The average molecular weight is 281 g/mol. The normalized spacial score (nSPS) is 11.8. The molecule has 7 heteroatoms. The molecule has 4 nitrogen and oxygen atoms in total. The van der Waals surface area contributed by atoms with Crippen LogP contribution in [0.4, 0.5) is 0 Å². The first kappa shape index (κ1) is 13.7. The van der Waals surface area contributed by atoms with Crippen LogP contribution in [0.5, 0.6) is 0 Å². The third-order valence-corrected chi connectivity index (χ3v) is 4.50. The molecular weight excluding hydrogens is 268 g/mol. The van der Waals surface area contributed by atoms with Gasteiger partial charge in [-0.3, -0.25) is 0 Å². The van der Waals surface area contributed by atoms with Crippen molar-refractivity contribution in [3.63, 3.8) is 0 Å². The Balaban J connectivity index is 2.75. The minimum atomic E-state index is -2.92. The smallest absolute Gasteiger partial charge is 0.148 e. The van der Waals surface area contributed by atoms with Crippen molar-refractivity contribution in [2.24, 2.45) is 0 Å². The quantitative estimate of drug-likeness (QED) is 0.623. The van der Waals surface area contributed by atoms with Gasteiger partial charge in [0.25, 0.3) is 0 Å². The molecule has 0 spiro atoms. The highest BCUT2D eigenvalue weighted by Gasteiger charge is 2.09. The van der Waals surface area contributed by atoms with E-state index in [0.717, 1.165) is 10.6 Å². The van der Waals surface area contributed by atoms with E-state index >= 15 is 0 Å². The van der Waals surface area contributed by atoms with Gasteiger partial charge in [-0.05, 0) is 13.8 Å². The number of thioether (sulfide) groups is 1. The van der Waals surface area contributed by atoms with Crippen LogP contribution in [-0.4, -0.2) is 36.1 Å². The van der Waals surface area contributed by atoms with Crippen LogP contribution < -0.4 is 0 Å². The van der Waals surface area contributed by atoms with E-state index in [1.165, 1.54) is 18.0 Å². The molecule has 1 aromatic rings. The van der Waals surface area contributed by atoms with Gasteiger partial charge in [0.1, 0.15) is 25.8 Å². The van der Waals surface area contributed by atoms with Crippen LogP contribution in [0.2, 0.25) is 5.15 Å². The van der Waals surface area contributed by atoms with Gasteiger partial charge in [0.05, 0.1) is 5.75 Å². The SMILES string of the molecule is Cc1nc(Cl)c(C)c(SCCS(C)(=O)=O)n1. The molecule has 1 aromatic heterocycles. The number of aromatic nitrogens is 2. The maximum atomic E-state index is 11.0. The maximum Gasteiger partial charge on any atom is 0.148 e. The van der Waals surface area contributed by atoms with Crippen LogP contribution in [0, 0.1) is 13.8 Å². The van der Waals surface area contributed by atoms with Crippen LogP contribution in [0.1, 0.15) is 11.4 Å². The van der Waals surface area contributed by atoms with Crippen LogP contribution in [0.25, 0.3) is 0 Å². The number of hydrogen-bond acceptors (Lipinski definition) is 5. The van der Waals surface area contributed by atoms with Gasteiger partial charge < -0.3 is 0 Å². The number of aryl methyl sites for hydroxylation is 1. The lowest BCUT2D eigenvalue weighted by Crippen LogP contribution is -2.06. The highest BCUT2D eigenvalue weighted by Crippen LogP contribution is 2.24. The Kier molecular flexibility index (Phi) is 4.58. The zero-order chi connectivity index (χ0) is 12.3. The second-order valence-electron chi connectivity index (χ2n) is 3.47. The van der Waals surface area contributed by atoms with E-state index in [2.05, 4.69) is 9.97 Å². The third-order valence-electron chi connectivity index (χ3n) is 1.85. The molecule has 0 aliphatic rings. The number of rotatable bonds is 4. The summed E-state index contributed by atoms with van der Waals surface area (Å²) in [5.41, 5.74) is 0.797. The van der Waals surface area contributed by atoms with Gasteiger partial charge in [0.15, 0.2) is 0 Å². The monoisotopic (exact) mass is 280 g/mol. The predicted molar refractivity (Wildman–Crippen MR) is 67.0 cm³/mol. The molecule has 0 N–H and O–H groups in total. The molecule has 1 rings (SSSR count). The molecule has 0 bridgehead atoms. The Bertz CT molecular complexity index is 489. The number of sulfone groups is 1. The van der Waals surface area contributed by atoms with Gasteiger partial charge >= 0.3 is 0 Å². The van der Waals surface area contributed by atoms with E-state index < -0.39 is 9.84 Å². The fourth-order valence-corrected chi connectivity index (χ4v) is 3.52. The summed E-state index contributed by atoms with van der Waals surface area (Å²) in [6.45, 7) is 3.58. The lowest BCUT2D eigenvalue weighted by atomic mass is 10.4. The summed E-state index contributed by atoms with van der Waals surface area (Å²) in [5.74, 6) is 1.21. The number of hydrogen-bond donors (Lipinski definition) is 0. The number of nitrogens with zero attached hydrogens (tertiary/aromatic N) is 2. The molecule has 0 saturated heterocycles. The molecule has 0 atom stereocenters. The van der Waals surface area contributed by atoms with Crippen molar-refractivity contribution in [3.05, 3.63) is 16.5 Å². The molecule has 0 radical (unpaired) electrons. The largest absolute Gasteiger partial charge is 0.229 e. The van der Waals surface area contributed by atoms with Gasteiger partial charge in [0, 0.05) is 17.6 Å². The van der Waals surface area contributed by atoms with Gasteiger partial charge in [0.2, 0.25) is 0 Å². The zero-order valence-electron chi connectivity index (χ0n) is 9.32. The van der Waals surface area contributed by atoms with Crippen molar-refractivity contribution in [1.82, 2.24) is 9.97 Å². The summed E-state index contributed by atoms with van der Waals surface area (Å²) >= 11 is 7.29. The van der Waals surface area contributed by atoms with E-state index in [1.807, 2.05) is 6.92 Å². The Morgan fingerprint density at radius 3 is 2.50 bits per heavy atom. The first-order valence-corrected chi connectivity index (χ1v) is 8.03. The first-order valence-electron chi connectivity index (χ1n) is 4.61. The van der Waals surface area contributed by atoms with Crippen LogP contribution in [0.15, 0.2) is 5.03 Å². The lowest BCUT2D eigenvalue weighted by molar-refractivity contribution is 0.603. The molecule has 0 aliphatic heterocycles. The van der Waals surface area contributed by atoms with E-state index in [4.69, 9.17) is 11.6 Å². The summed E-state index contributed by atoms with van der Waals surface area (Å²) in [5, 5.41) is 1.18. The van der Waals surface area contributed by atoms with E-state index in [1.54, 1.807) is 6.92 Å². The van der Waals surface area contributed by atoms with Crippen molar-refractivity contribution < 1.29 is 8.42 Å².